The van der Waals surface area contributed by atoms with Crippen LogP contribution in [-0.2, 0) is 27.4 Å². The topological polar surface area (TPSA) is 88.2 Å². The molecule has 2 unspecified atom stereocenters. The Labute approximate surface area is 206 Å². The lowest BCUT2D eigenvalue weighted by Crippen LogP contribution is -2.32. The molecule has 0 radical (unpaired) electrons. The number of nitrogens with one attached hydrogen (secondary N) is 2. The molecule has 0 aliphatic heterocycles. The summed E-state index contributed by atoms with van der Waals surface area (Å²) < 4.78 is 78.0. The van der Waals surface area contributed by atoms with E-state index in [-0.39, 0.29) is 5.69 Å². The fourth-order valence-corrected chi connectivity index (χ4v) is 4.15. The van der Waals surface area contributed by atoms with Crippen LogP contribution in [-0.4, -0.2) is 25.6 Å². The number of rotatable bonds is 9. The second kappa shape index (κ2) is 11.1. The predicted molar refractivity (Wildman–Crippen MR) is 128 cm³/mol. The van der Waals surface area contributed by atoms with Gasteiger partial charge < -0.3 is 5.32 Å². The van der Waals surface area contributed by atoms with Crippen molar-refractivity contribution in [2.75, 3.05) is 11.0 Å². The van der Waals surface area contributed by atoms with Gasteiger partial charge in [-0.2, -0.15) is 13.2 Å². The zero-order chi connectivity index (χ0) is 26.5. The molecule has 0 aliphatic rings. The average molecular weight is 524 g/mol. The van der Waals surface area contributed by atoms with Gasteiger partial charge in [-0.25, -0.2) is 12.8 Å². The highest BCUT2D eigenvalue weighted by atomic mass is 32.2. The van der Waals surface area contributed by atoms with Crippen molar-refractivity contribution in [1.29, 1.82) is 0 Å². The molecule has 2 N–H and O–H groups in total. The van der Waals surface area contributed by atoms with E-state index in [0.717, 1.165) is 30.1 Å². The third-order valence-corrected chi connectivity index (χ3v) is 6.13. The minimum Gasteiger partial charge on any atom is -0.349 e. The number of carbonyl (C=O) groups excluding carboxylic acids is 1. The van der Waals surface area contributed by atoms with Crippen molar-refractivity contribution in [3.8, 4) is 0 Å². The van der Waals surface area contributed by atoms with Crippen LogP contribution in [0.1, 0.15) is 47.7 Å². The van der Waals surface area contributed by atoms with E-state index in [2.05, 4.69) is 15.0 Å². The van der Waals surface area contributed by atoms with Gasteiger partial charge >= 0.3 is 6.18 Å². The lowest BCUT2D eigenvalue weighted by atomic mass is 9.96. The largest absolute Gasteiger partial charge is 0.433 e. The van der Waals surface area contributed by atoms with E-state index in [1.165, 1.54) is 18.2 Å². The van der Waals surface area contributed by atoms with E-state index < -0.39 is 45.6 Å². The monoisotopic (exact) mass is 523 g/mol. The molecule has 0 aliphatic carbocycles. The molecular formula is C25H25F4N3O3S. The maximum absolute atomic E-state index is 14.4. The number of hydrogen-bond acceptors (Lipinski definition) is 4. The number of aryl methyl sites for hydroxylation is 1. The highest BCUT2D eigenvalue weighted by molar-refractivity contribution is 7.92. The number of benzene rings is 2. The second-order valence-electron chi connectivity index (χ2n) is 8.40. The quantitative estimate of drug-likeness (QED) is 0.377. The van der Waals surface area contributed by atoms with Gasteiger partial charge in [0.05, 0.1) is 23.9 Å². The van der Waals surface area contributed by atoms with Crippen molar-refractivity contribution in [3.05, 3.63) is 95.1 Å². The number of aromatic nitrogens is 1. The van der Waals surface area contributed by atoms with E-state index in [9.17, 15) is 30.8 Å². The minimum atomic E-state index is -4.59. The first-order chi connectivity index (χ1) is 16.8. The van der Waals surface area contributed by atoms with Crippen LogP contribution < -0.4 is 10.0 Å². The van der Waals surface area contributed by atoms with Crippen LogP contribution >= 0.6 is 0 Å². The van der Waals surface area contributed by atoms with E-state index in [0.29, 0.717) is 24.0 Å². The number of hydrogen-bond donors (Lipinski definition) is 2. The van der Waals surface area contributed by atoms with Crippen molar-refractivity contribution >= 4 is 21.6 Å². The molecular weight excluding hydrogens is 498 g/mol. The molecule has 1 amide bonds. The third kappa shape index (κ3) is 7.51. The van der Waals surface area contributed by atoms with Crippen molar-refractivity contribution in [3.63, 3.8) is 0 Å². The number of nitrogens with zero attached hydrogens (tertiary/aromatic N) is 1. The van der Waals surface area contributed by atoms with Gasteiger partial charge in [0.15, 0.2) is 0 Å². The predicted octanol–water partition coefficient (Wildman–Crippen LogP) is 5.20. The Bertz CT molecular complexity index is 1300. The van der Waals surface area contributed by atoms with E-state index in [1.807, 2.05) is 30.3 Å². The molecule has 2 aromatic carbocycles. The number of sulfonamides is 1. The molecule has 3 aromatic rings. The Kier molecular flexibility index (Phi) is 8.34. The normalized spacial score (nSPS) is 13.6. The first kappa shape index (κ1) is 27.1. The average Bonchev–Trinajstić information content (AvgIpc) is 2.82. The summed E-state index contributed by atoms with van der Waals surface area (Å²) >= 11 is 0. The first-order valence-corrected chi connectivity index (χ1v) is 12.9. The number of halogens is 4. The number of alkyl halides is 3. The highest BCUT2D eigenvalue weighted by Crippen LogP contribution is 2.29. The molecule has 3 rings (SSSR count). The number of pyridine rings is 1. The molecule has 11 heteroatoms. The van der Waals surface area contributed by atoms with Gasteiger partial charge in [0.2, 0.25) is 15.9 Å². The van der Waals surface area contributed by atoms with E-state index in [4.69, 9.17) is 0 Å². The van der Waals surface area contributed by atoms with Gasteiger partial charge in [-0.1, -0.05) is 42.5 Å². The summed E-state index contributed by atoms with van der Waals surface area (Å²) in [4.78, 5) is 16.5. The molecule has 2 atom stereocenters. The number of carbonyl (C=O) groups is 1. The van der Waals surface area contributed by atoms with Crippen LogP contribution in [0, 0.1) is 5.82 Å². The fraction of sp³-hybridized carbons (Fsp3) is 0.280. The summed E-state index contributed by atoms with van der Waals surface area (Å²) in [6.07, 6.45) is -1.67. The van der Waals surface area contributed by atoms with Gasteiger partial charge in [0.1, 0.15) is 11.5 Å². The zero-order valence-electron chi connectivity index (χ0n) is 19.5. The van der Waals surface area contributed by atoms with Gasteiger partial charge in [-0.05, 0) is 54.7 Å². The summed E-state index contributed by atoms with van der Waals surface area (Å²) in [5.74, 6) is -2.14. The van der Waals surface area contributed by atoms with Gasteiger partial charge in [-0.3, -0.25) is 14.5 Å². The lowest BCUT2D eigenvalue weighted by Gasteiger charge is -2.22. The van der Waals surface area contributed by atoms with Crippen molar-refractivity contribution < 1.29 is 30.8 Å². The Morgan fingerprint density at radius 3 is 2.25 bits per heavy atom. The molecule has 192 valence electrons. The molecule has 0 spiro atoms. The van der Waals surface area contributed by atoms with Gasteiger partial charge in [0, 0.05) is 6.20 Å². The van der Waals surface area contributed by atoms with Gasteiger partial charge in [0.25, 0.3) is 0 Å². The smallest absolute Gasteiger partial charge is 0.349 e. The van der Waals surface area contributed by atoms with Crippen LogP contribution in [0.15, 0.2) is 66.9 Å². The second-order valence-corrected chi connectivity index (χ2v) is 10.1. The Morgan fingerprint density at radius 2 is 1.69 bits per heavy atom. The number of anilines is 1. The molecule has 36 heavy (non-hydrogen) atoms. The standard InChI is InChI=1S/C25H25F4N3O3S/c1-16(18-9-12-22(20(26)14-18)32-36(2,34)35)24(33)31-21(11-8-17-6-4-3-5-7-17)19-10-13-23(30-15-19)25(27,28)29/h3-7,9-10,12-16,21,32H,8,11H2,1-2H3,(H,31,33). The molecule has 1 aromatic heterocycles. The van der Waals surface area contributed by atoms with Crippen molar-refractivity contribution in [2.24, 2.45) is 0 Å². The van der Waals surface area contributed by atoms with Gasteiger partial charge in [-0.15, -0.1) is 0 Å². The maximum atomic E-state index is 14.4. The third-order valence-electron chi connectivity index (χ3n) is 5.54. The van der Waals surface area contributed by atoms with Crippen molar-refractivity contribution in [2.45, 2.75) is 37.9 Å². The van der Waals surface area contributed by atoms with E-state index >= 15 is 0 Å². The summed E-state index contributed by atoms with van der Waals surface area (Å²) in [5, 5.41) is 2.84. The Hall–Kier alpha value is -3.47. The fourth-order valence-electron chi connectivity index (χ4n) is 3.59. The molecule has 0 fully saturated rings. The van der Waals surface area contributed by atoms with E-state index in [1.54, 1.807) is 6.92 Å². The molecule has 0 saturated carbocycles. The van der Waals surface area contributed by atoms with Crippen LogP contribution in [0.4, 0.5) is 23.2 Å². The van der Waals surface area contributed by atoms with Crippen LogP contribution in [0.25, 0.3) is 0 Å². The Balaban J connectivity index is 1.80. The molecule has 0 saturated heterocycles. The summed E-state index contributed by atoms with van der Waals surface area (Å²) in [6, 6.07) is 14.6. The van der Waals surface area contributed by atoms with Crippen molar-refractivity contribution in [1.82, 2.24) is 10.3 Å². The number of amides is 1. The summed E-state index contributed by atoms with van der Waals surface area (Å²) in [5.41, 5.74) is 0.409. The van der Waals surface area contributed by atoms with Crippen LogP contribution in [0.2, 0.25) is 0 Å². The summed E-state index contributed by atoms with van der Waals surface area (Å²) in [6.45, 7) is 1.55. The maximum Gasteiger partial charge on any atom is 0.433 e. The highest BCUT2D eigenvalue weighted by Gasteiger charge is 2.32. The van der Waals surface area contributed by atoms with Crippen LogP contribution in [0.5, 0.6) is 0 Å². The molecule has 6 nitrogen and oxygen atoms in total. The summed E-state index contributed by atoms with van der Waals surface area (Å²) in [7, 11) is -3.68. The van der Waals surface area contributed by atoms with Crippen LogP contribution in [0.3, 0.4) is 0 Å². The Morgan fingerprint density at radius 1 is 1.03 bits per heavy atom. The molecule has 1 heterocycles. The first-order valence-electron chi connectivity index (χ1n) is 11.0. The zero-order valence-corrected chi connectivity index (χ0v) is 20.3. The minimum absolute atomic E-state index is 0.245. The molecule has 0 bridgehead atoms. The lowest BCUT2D eigenvalue weighted by molar-refractivity contribution is -0.141. The SMILES string of the molecule is CC(C(=O)NC(CCc1ccccc1)c1ccc(C(F)(F)F)nc1)c1ccc(NS(C)(=O)=O)c(F)c1.